The van der Waals surface area contributed by atoms with Crippen molar-refractivity contribution in [2.75, 3.05) is 0 Å². The van der Waals surface area contributed by atoms with E-state index >= 15 is 0 Å². The van der Waals surface area contributed by atoms with Gasteiger partial charge in [0.2, 0.25) is 0 Å². The van der Waals surface area contributed by atoms with Crippen LogP contribution in [0.25, 0.3) is 0 Å². The first kappa shape index (κ1) is 11.5. The van der Waals surface area contributed by atoms with E-state index in [1.807, 2.05) is 48.5 Å². The van der Waals surface area contributed by atoms with Crippen molar-refractivity contribution >= 4 is 11.6 Å². The largest absolute Gasteiger partial charge is 0.410 e. The van der Waals surface area contributed by atoms with Crippen LogP contribution in [0, 0.1) is 0 Å². The van der Waals surface area contributed by atoms with Crippen molar-refractivity contribution in [3.05, 3.63) is 71.3 Å². The minimum Gasteiger partial charge on any atom is -0.410 e. The highest BCUT2D eigenvalue weighted by atomic mass is 16.4. The van der Waals surface area contributed by atoms with Crippen molar-refractivity contribution in [3.8, 4) is 0 Å². The summed E-state index contributed by atoms with van der Waals surface area (Å²) < 4.78 is 0. The van der Waals surface area contributed by atoms with Crippen LogP contribution in [0.5, 0.6) is 0 Å². The number of oxime groups is 1. The molecule has 1 heterocycles. The molecule has 0 radical (unpaired) electrons. The highest BCUT2D eigenvalue weighted by molar-refractivity contribution is 6.46. The number of carbonyl (C=O) groups excluding carboxylic acids is 1. The van der Waals surface area contributed by atoms with Gasteiger partial charge in [-0.1, -0.05) is 59.8 Å². The van der Waals surface area contributed by atoms with E-state index < -0.39 is 0 Å². The summed E-state index contributed by atoms with van der Waals surface area (Å²) in [7, 11) is 0. The molecule has 0 saturated heterocycles. The summed E-state index contributed by atoms with van der Waals surface area (Å²) in [6.45, 7) is 0. The Morgan fingerprint density at radius 1 is 1.00 bits per heavy atom. The molecule has 0 saturated carbocycles. The highest BCUT2D eigenvalue weighted by Gasteiger charge is 2.30. The summed E-state index contributed by atoms with van der Waals surface area (Å²) in [6.07, 6.45) is 0. The second-order valence-electron chi connectivity index (χ2n) is 4.35. The zero-order valence-electron chi connectivity index (χ0n) is 10.1. The SMILES string of the molecule is O=C1NC(c2ccccc2)c2ccccc2C1=NO. The molecule has 1 aliphatic heterocycles. The van der Waals surface area contributed by atoms with E-state index in [4.69, 9.17) is 5.21 Å². The zero-order chi connectivity index (χ0) is 13.2. The number of benzene rings is 2. The van der Waals surface area contributed by atoms with E-state index in [0.717, 1.165) is 11.1 Å². The van der Waals surface area contributed by atoms with Crippen molar-refractivity contribution in [1.82, 2.24) is 5.32 Å². The molecule has 0 aliphatic carbocycles. The molecule has 4 nitrogen and oxygen atoms in total. The van der Waals surface area contributed by atoms with Crippen LogP contribution in [0.1, 0.15) is 22.7 Å². The van der Waals surface area contributed by atoms with Gasteiger partial charge >= 0.3 is 0 Å². The van der Waals surface area contributed by atoms with Gasteiger partial charge in [-0.3, -0.25) is 4.79 Å². The number of nitrogens with one attached hydrogen (secondary N) is 1. The number of fused-ring (bicyclic) bond motifs is 1. The monoisotopic (exact) mass is 252 g/mol. The predicted octanol–water partition coefficient (Wildman–Crippen LogP) is 2.08. The van der Waals surface area contributed by atoms with E-state index in [-0.39, 0.29) is 17.7 Å². The number of carbonyl (C=O) groups is 1. The van der Waals surface area contributed by atoms with Crippen LogP contribution in [0.4, 0.5) is 0 Å². The van der Waals surface area contributed by atoms with Crippen molar-refractivity contribution in [3.63, 3.8) is 0 Å². The van der Waals surface area contributed by atoms with Crippen LogP contribution in [-0.2, 0) is 4.79 Å². The highest BCUT2D eigenvalue weighted by Crippen LogP contribution is 2.28. The summed E-state index contributed by atoms with van der Waals surface area (Å²) in [6, 6.07) is 16.9. The third-order valence-corrected chi connectivity index (χ3v) is 3.25. The quantitative estimate of drug-likeness (QED) is 0.603. The predicted molar refractivity (Wildman–Crippen MR) is 71.2 cm³/mol. The van der Waals surface area contributed by atoms with Crippen LogP contribution in [-0.4, -0.2) is 16.8 Å². The molecule has 0 bridgehead atoms. The van der Waals surface area contributed by atoms with Crippen LogP contribution in [0.2, 0.25) is 0 Å². The molecule has 0 aromatic heterocycles. The molecule has 1 atom stereocenters. The minimum absolute atomic E-state index is 0.0581. The third-order valence-electron chi connectivity index (χ3n) is 3.25. The Kier molecular flexibility index (Phi) is 2.76. The summed E-state index contributed by atoms with van der Waals surface area (Å²) in [5.41, 5.74) is 2.66. The molecule has 0 fully saturated rings. The molecule has 94 valence electrons. The molecule has 4 heteroatoms. The number of hydrogen-bond acceptors (Lipinski definition) is 3. The van der Waals surface area contributed by atoms with E-state index in [9.17, 15) is 4.79 Å². The van der Waals surface area contributed by atoms with Crippen LogP contribution < -0.4 is 5.32 Å². The standard InChI is InChI=1S/C15H12N2O2/c18-15-14(17-19)12-9-5-4-8-11(12)13(16-15)10-6-2-1-3-7-10/h1-9,13,19H,(H,16,18). The average Bonchev–Trinajstić information content (AvgIpc) is 2.47. The first-order chi connectivity index (χ1) is 9.31. The maximum absolute atomic E-state index is 12.0. The lowest BCUT2D eigenvalue weighted by atomic mass is 9.88. The summed E-state index contributed by atoms with van der Waals surface area (Å²) in [5, 5.41) is 15.0. The summed E-state index contributed by atoms with van der Waals surface area (Å²) >= 11 is 0. The maximum Gasteiger partial charge on any atom is 0.274 e. The molecule has 2 N–H and O–H groups in total. The lowest BCUT2D eigenvalue weighted by Crippen LogP contribution is -2.41. The maximum atomic E-state index is 12.0. The molecule has 3 rings (SSSR count). The Bertz CT molecular complexity index is 650. The minimum atomic E-state index is -0.366. The van der Waals surface area contributed by atoms with Gasteiger partial charge in [-0.2, -0.15) is 0 Å². The van der Waals surface area contributed by atoms with Gasteiger partial charge in [-0.05, 0) is 11.1 Å². The van der Waals surface area contributed by atoms with Crippen LogP contribution >= 0.6 is 0 Å². The Morgan fingerprint density at radius 2 is 1.68 bits per heavy atom. The Morgan fingerprint density at radius 3 is 2.42 bits per heavy atom. The first-order valence-corrected chi connectivity index (χ1v) is 5.98. The van der Waals surface area contributed by atoms with E-state index in [1.165, 1.54) is 0 Å². The second kappa shape index (κ2) is 4.57. The second-order valence-corrected chi connectivity index (χ2v) is 4.35. The fraction of sp³-hybridized carbons (Fsp3) is 0.0667. The van der Waals surface area contributed by atoms with Gasteiger partial charge in [-0.25, -0.2) is 0 Å². The van der Waals surface area contributed by atoms with E-state index in [0.29, 0.717) is 5.56 Å². The van der Waals surface area contributed by atoms with Gasteiger partial charge in [0.25, 0.3) is 5.91 Å². The zero-order valence-corrected chi connectivity index (χ0v) is 10.1. The molecule has 1 amide bonds. The molecule has 2 aromatic rings. The van der Waals surface area contributed by atoms with Gasteiger partial charge in [0.1, 0.15) is 0 Å². The van der Waals surface area contributed by atoms with Gasteiger partial charge in [-0.15, -0.1) is 0 Å². The van der Waals surface area contributed by atoms with Crippen molar-refractivity contribution in [2.45, 2.75) is 6.04 Å². The molecular weight excluding hydrogens is 240 g/mol. The molecule has 1 aliphatic rings. The molecule has 19 heavy (non-hydrogen) atoms. The molecular formula is C15H12N2O2. The lowest BCUT2D eigenvalue weighted by molar-refractivity contribution is -0.115. The lowest BCUT2D eigenvalue weighted by Gasteiger charge is -2.27. The van der Waals surface area contributed by atoms with E-state index in [1.54, 1.807) is 6.07 Å². The number of nitrogens with zero attached hydrogens (tertiary/aromatic N) is 1. The number of hydrogen-bond donors (Lipinski definition) is 2. The fourth-order valence-corrected chi connectivity index (χ4v) is 2.37. The fourth-order valence-electron chi connectivity index (χ4n) is 2.37. The average molecular weight is 252 g/mol. The summed E-state index contributed by atoms with van der Waals surface area (Å²) in [4.78, 5) is 12.0. The number of amides is 1. The Hall–Kier alpha value is -2.62. The topological polar surface area (TPSA) is 61.7 Å². The van der Waals surface area contributed by atoms with Crippen LogP contribution in [0.3, 0.4) is 0 Å². The summed E-state index contributed by atoms with van der Waals surface area (Å²) in [5.74, 6) is -0.366. The van der Waals surface area contributed by atoms with Gasteiger partial charge in [0.05, 0.1) is 6.04 Å². The molecule has 1 unspecified atom stereocenters. The third kappa shape index (κ3) is 1.87. The Balaban J connectivity index is 2.17. The van der Waals surface area contributed by atoms with Gasteiger partial charge < -0.3 is 10.5 Å². The van der Waals surface area contributed by atoms with Crippen molar-refractivity contribution < 1.29 is 10.0 Å². The van der Waals surface area contributed by atoms with Crippen LogP contribution in [0.15, 0.2) is 59.8 Å². The smallest absolute Gasteiger partial charge is 0.274 e. The van der Waals surface area contributed by atoms with Gasteiger partial charge in [0, 0.05) is 5.56 Å². The van der Waals surface area contributed by atoms with Crippen molar-refractivity contribution in [1.29, 1.82) is 0 Å². The first-order valence-electron chi connectivity index (χ1n) is 5.98. The molecule has 0 spiro atoms. The van der Waals surface area contributed by atoms with Crippen molar-refractivity contribution in [2.24, 2.45) is 5.16 Å². The van der Waals surface area contributed by atoms with Gasteiger partial charge in [0.15, 0.2) is 5.71 Å². The Labute approximate surface area is 110 Å². The number of rotatable bonds is 1. The molecule has 2 aromatic carbocycles. The van der Waals surface area contributed by atoms with E-state index in [2.05, 4.69) is 10.5 Å². The normalized spacial score (nSPS) is 19.9.